The number of hydrogen-bond acceptors (Lipinski definition) is 2. The molecule has 0 heterocycles. The Bertz CT molecular complexity index is 139. The van der Waals surface area contributed by atoms with E-state index in [2.05, 4.69) is 21.2 Å². The molecule has 0 aliphatic carbocycles. The zero-order chi connectivity index (χ0) is 9.56. The van der Waals surface area contributed by atoms with Crippen LogP contribution in [-0.2, 0) is 9.53 Å². The summed E-state index contributed by atoms with van der Waals surface area (Å²) in [5.74, 6) is 0.392. The predicted octanol–water partition coefficient (Wildman–Crippen LogP) is 1.17. The van der Waals surface area contributed by atoms with Crippen LogP contribution in [0.1, 0.15) is 13.8 Å². The summed E-state index contributed by atoms with van der Waals surface area (Å²) in [6.07, 6.45) is 0. The lowest BCUT2D eigenvalue weighted by Crippen LogP contribution is -2.33. The second-order valence-electron chi connectivity index (χ2n) is 2.92. The van der Waals surface area contributed by atoms with Crippen molar-refractivity contribution in [3.05, 3.63) is 0 Å². The normalized spacial score (nSPS) is 15.3. The third-order valence-electron chi connectivity index (χ3n) is 1.44. The van der Waals surface area contributed by atoms with Crippen molar-refractivity contribution in [2.75, 3.05) is 20.3 Å². The van der Waals surface area contributed by atoms with Gasteiger partial charge in [-0.05, 0) is 12.8 Å². The zero-order valence-corrected chi connectivity index (χ0v) is 9.35. The van der Waals surface area contributed by atoms with Crippen LogP contribution in [0.15, 0.2) is 0 Å². The van der Waals surface area contributed by atoms with E-state index in [1.165, 1.54) is 0 Å². The first kappa shape index (κ1) is 11.9. The van der Waals surface area contributed by atoms with Gasteiger partial charge >= 0.3 is 0 Å². The number of alkyl halides is 1. The van der Waals surface area contributed by atoms with E-state index in [-0.39, 0.29) is 10.7 Å². The molecule has 0 bridgehead atoms. The highest BCUT2D eigenvalue weighted by Gasteiger charge is 2.09. The van der Waals surface area contributed by atoms with Crippen LogP contribution in [0.4, 0.5) is 0 Å². The van der Waals surface area contributed by atoms with Crippen molar-refractivity contribution >= 4 is 21.8 Å². The van der Waals surface area contributed by atoms with Crippen LogP contribution >= 0.6 is 15.9 Å². The van der Waals surface area contributed by atoms with E-state index in [0.717, 1.165) is 0 Å². The maximum absolute atomic E-state index is 11.1. The van der Waals surface area contributed by atoms with E-state index in [1.54, 1.807) is 14.0 Å². The van der Waals surface area contributed by atoms with Crippen molar-refractivity contribution in [3.8, 4) is 0 Å². The highest BCUT2D eigenvalue weighted by Crippen LogP contribution is 1.98. The van der Waals surface area contributed by atoms with E-state index in [4.69, 9.17) is 4.74 Å². The number of carbonyl (C=O) groups is 1. The molecule has 0 fully saturated rings. The van der Waals surface area contributed by atoms with Gasteiger partial charge in [0, 0.05) is 13.7 Å². The minimum Gasteiger partial charge on any atom is -0.384 e. The van der Waals surface area contributed by atoms with Gasteiger partial charge < -0.3 is 10.1 Å². The smallest absolute Gasteiger partial charge is 0.233 e. The van der Waals surface area contributed by atoms with Crippen LogP contribution in [0.2, 0.25) is 0 Å². The van der Waals surface area contributed by atoms with Gasteiger partial charge in [-0.25, -0.2) is 0 Å². The first-order valence-corrected chi connectivity index (χ1v) is 4.90. The molecule has 0 spiro atoms. The molecule has 0 aliphatic heterocycles. The Kier molecular flexibility index (Phi) is 6.38. The molecule has 12 heavy (non-hydrogen) atoms. The number of nitrogens with one attached hydrogen (secondary N) is 1. The Morgan fingerprint density at radius 2 is 2.17 bits per heavy atom. The number of amides is 1. The first-order chi connectivity index (χ1) is 5.57. The van der Waals surface area contributed by atoms with Gasteiger partial charge in [0.2, 0.25) is 5.91 Å². The Labute approximate surface area is 82.0 Å². The summed E-state index contributed by atoms with van der Waals surface area (Å²) >= 11 is 3.19. The van der Waals surface area contributed by atoms with Gasteiger partial charge in [-0.3, -0.25) is 4.79 Å². The molecule has 0 aromatic carbocycles. The molecule has 4 heteroatoms. The summed E-state index contributed by atoms with van der Waals surface area (Å²) in [6, 6.07) is 0. The average molecular weight is 238 g/mol. The molecule has 1 N–H and O–H groups in total. The predicted molar refractivity (Wildman–Crippen MR) is 52.4 cm³/mol. The summed E-state index contributed by atoms with van der Waals surface area (Å²) < 4.78 is 4.93. The molecule has 0 saturated heterocycles. The van der Waals surface area contributed by atoms with Crippen LogP contribution in [0.3, 0.4) is 0 Å². The van der Waals surface area contributed by atoms with Gasteiger partial charge in [0.25, 0.3) is 0 Å². The fourth-order valence-corrected chi connectivity index (χ4v) is 0.921. The number of hydrogen-bond donors (Lipinski definition) is 1. The molecule has 2 atom stereocenters. The lowest BCUT2D eigenvalue weighted by atomic mass is 10.2. The molecule has 0 aromatic rings. The molecule has 0 saturated carbocycles. The summed E-state index contributed by atoms with van der Waals surface area (Å²) in [6.45, 7) is 5.18. The molecule has 0 aromatic heterocycles. The molecule has 3 nitrogen and oxygen atoms in total. The van der Waals surface area contributed by atoms with Crippen LogP contribution in [0.5, 0.6) is 0 Å². The molecule has 72 valence electrons. The molecular weight excluding hydrogens is 222 g/mol. The molecule has 0 aliphatic rings. The van der Waals surface area contributed by atoms with Crippen molar-refractivity contribution in [2.24, 2.45) is 5.92 Å². The highest BCUT2D eigenvalue weighted by atomic mass is 79.9. The molecule has 0 radical (unpaired) electrons. The molecule has 0 rings (SSSR count). The van der Waals surface area contributed by atoms with E-state index < -0.39 is 0 Å². The Morgan fingerprint density at radius 3 is 2.58 bits per heavy atom. The second kappa shape index (κ2) is 6.43. The third-order valence-corrected chi connectivity index (χ3v) is 1.85. The summed E-state index contributed by atoms with van der Waals surface area (Å²) in [5.41, 5.74) is 0. The number of carbonyl (C=O) groups excluding carboxylic acids is 1. The second-order valence-corrected chi connectivity index (χ2v) is 4.30. The number of halogens is 1. The van der Waals surface area contributed by atoms with Gasteiger partial charge in [-0.15, -0.1) is 0 Å². The monoisotopic (exact) mass is 237 g/mol. The Morgan fingerprint density at radius 1 is 1.58 bits per heavy atom. The van der Waals surface area contributed by atoms with Crippen molar-refractivity contribution in [1.29, 1.82) is 0 Å². The maximum atomic E-state index is 11.1. The standard InChI is InChI=1S/C8H16BrNO2/c1-6(5-12-3)4-10-8(11)7(2)9/h6-7H,4-5H2,1-3H3,(H,10,11). The van der Waals surface area contributed by atoms with Crippen molar-refractivity contribution in [1.82, 2.24) is 5.32 Å². The van der Waals surface area contributed by atoms with E-state index in [9.17, 15) is 4.79 Å². The molecular formula is C8H16BrNO2. The van der Waals surface area contributed by atoms with Gasteiger partial charge in [0.1, 0.15) is 0 Å². The van der Waals surface area contributed by atoms with Crippen molar-refractivity contribution < 1.29 is 9.53 Å². The van der Waals surface area contributed by atoms with Gasteiger partial charge in [0.15, 0.2) is 0 Å². The average Bonchev–Trinajstić information content (AvgIpc) is 2.00. The topological polar surface area (TPSA) is 38.3 Å². The van der Waals surface area contributed by atoms with Gasteiger partial charge in [-0.2, -0.15) is 0 Å². The molecule has 1 amide bonds. The number of ether oxygens (including phenoxy) is 1. The Balaban J connectivity index is 3.47. The summed E-state index contributed by atoms with van der Waals surface area (Å²) in [7, 11) is 1.66. The number of rotatable bonds is 5. The van der Waals surface area contributed by atoms with Gasteiger partial charge in [0.05, 0.1) is 11.4 Å². The fraction of sp³-hybridized carbons (Fsp3) is 0.875. The fourth-order valence-electron chi connectivity index (χ4n) is 0.759. The highest BCUT2D eigenvalue weighted by molar-refractivity contribution is 9.10. The van der Waals surface area contributed by atoms with E-state index in [0.29, 0.717) is 19.1 Å². The van der Waals surface area contributed by atoms with Crippen molar-refractivity contribution in [3.63, 3.8) is 0 Å². The van der Waals surface area contributed by atoms with E-state index in [1.807, 2.05) is 6.92 Å². The van der Waals surface area contributed by atoms with E-state index >= 15 is 0 Å². The van der Waals surface area contributed by atoms with Crippen LogP contribution in [0, 0.1) is 5.92 Å². The zero-order valence-electron chi connectivity index (χ0n) is 7.76. The van der Waals surface area contributed by atoms with Crippen LogP contribution in [0.25, 0.3) is 0 Å². The van der Waals surface area contributed by atoms with Crippen LogP contribution < -0.4 is 5.32 Å². The first-order valence-electron chi connectivity index (χ1n) is 3.98. The number of methoxy groups -OCH3 is 1. The third kappa shape index (κ3) is 5.55. The molecule has 2 unspecified atom stereocenters. The maximum Gasteiger partial charge on any atom is 0.233 e. The minimum atomic E-state index is -0.118. The SMILES string of the molecule is COCC(C)CNC(=O)C(C)Br. The summed E-state index contributed by atoms with van der Waals surface area (Å²) in [5, 5.41) is 2.80. The lowest BCUT2D eigenvalue weighted by Gasteiger charge is -2.12. The van der Waals surface area contributed by atoms with Gasteiger partial charge in [-0.1, -0.05) is 22.9 Å². The van der Waals surface area contributed by atoms with Crippen molar-refractivity contribution in [2.45, 2.75) is 18.7 Å². The quantitative estimate of drug-likeness (QED) is 0.730. The largest absolute Gasteiger partial charge is 0.384 e. The minimum absolute atomic E-state index is 0.0259. The Hall–Kier alpha value is -0.0900. The summed E-state index contributed by atoms with van der Waals surface area (Å²) in [4.78, 5) is 10.9. The van der Waals surface area contributed by atoms with Crippen LogP contribution in [-0.4, -0.2) is 31.0 Å². The lowest BCUT2D eigenvalue weighted by molar-refractivity contribution is -0.120.